The number of amides is 2. The van der Waals surface area contributed by atoms with E-state index in [0.29, 0.717) is 6.42 Å². The van der Waals surface area contributed by atoms with Crippen molar-refractivity contribution in [2.45, 2.75) is 13.0 Å². The Bertz CT molecular complexity index is 534. The van der Waals surface area contributed by atoms with E-state index >= 15 is 0 Å². The molecule has 0 aromatic heterocycles. The van der Waals surface area contributed by atoms with Crippen molar-refractivity contribution >= 4 is 69.2 Å². The maximum Gasteiger partial charge on any atom is 0.416 e. The number of imide groups is 1. The van der Waals surface area contributed by atoms with Crippen molar-refractivity contribution in [3.63, 3.8) is 0 Å². The van der Waals surface area contributed by atoms with E-state index in [4.69, 9.17) is 9.47 Å². The Balaban J connectivity index is 0.00000242. The number of carbonyl (C=O) groups excluding carboxylic acids is 3. The largest absolute Gasteiger partial charge is 0.444 e. The quantitative estimate of drug-likeness (QED) is 0.595. The number of rotatable bonds is 5. The summed E-state index contributed by atoms with van der Waals surface area (Å²) in [4.78, 5) is 36.6. The van der Waals surface area contributed by atoms with Gasteiger partial charge in [0.2, 0.25) is 5.91 Å². The van der Waals surface area contributed by atoms with E-state index in [1.54, 1.807) is 0 Å². The molecule has 1 aromatic carbocycles. The second-order valence-corrected chi connectivity index (χ2v) is 4.77. The van der Waals surface area contributed by atoms with Gasteiger partial charge < -0.3 is 9.47 Å². The molecule has 113 valence electrons. The van der Waals surface area contributed by atoms with E-state index in [9.17, 15) is 14.4 Å². The number of carbonyl (C=O) groups is 3. The molecule has 7 heteroatoms. The van der Waals surface area contributed by atoms with Crippen LogP contribution in [-0.2, 0) is 25.7 Å². The number of nitrogens with zero attached hydrogens (tertiary/aromatic N) is 1. The monoisotopic (exact) mass is 330 g/mol. The van der Waals surface area contributed by atoms with Crippen LogP contribution in [0.1, 0.15) is 12.0 Å². The van der Waals surface area contributed by atoms with Crippen molar-refractivity contribution < 1.29 is 23.9 Å². The van der Waals surface area contributed by atoms with Gasteiger partial charge in [-0.1, -0.05) is 30.3 Å². The van der Waals surface area contributed by atoms with Crippen LogP contribution in [0.25, 0.3) is 0 Å². The zero-order chi connectivity index (χ0) is 15.2. The van der Waals surface area contributed by atoms with Crippen molar-refractivity contribution in [3.8, 4) is 0 Å². The molecule has 1 atom stereocenters. The zero-order valence-corrected chi connectivity index (χ0v) is 15.9. The summed E-state index contributed by atoms with van der Waals surface area (Å²) in [7, 11) is 1.39. The Morgan fingerprint density at radius 3 is 2.59 bits per heavy atom. The number of hydrogen-bond acceptors (Lipinski definition) is 5. The molecule has 6 nitrogen and oxygen atoms in total. The van der Waals surface area contributed by atoms with Crippen LogP contribution in [0.4, 0.5) is 4.79 Å². The first-order valence-electron chi connectivity index (χ1n) is 6.67. The molecule has 1 unspecified atom stereocenters. The Kier molecular flexibility index (Phi) is 8.44. The SMILES string of the molecule is COCC(=O)C1CCN(C(=O)OCc2ccccc2)C1=O.[K]. The Morgan fingerprint density at radius 1 is 1.27 bits per heavy atom. The standard InChI is InChI=1S/C15H17NO5.K/c1-20-10-13(17)12-7-8-16(14(12)18)15(19)21-9-11-5-3-2-4-6-11;/h2-6,12H,7-10H2,1H3;. The Hall–Kier alpha value is -0.574. The minimum absolute atomic E-state index is 0. The first kappa shape index (κ1) is 19.5. The third-order valence-corrected chi connectivity index (χ3v) is 3.31. The van der Waals surface area contributed by atoms with Crippen LogP contribution < -0.4 is 0 Å². The maximum absolute atomic E-state index is 12.0. The van der Waals surface area contributed by atoms with Gasteiger partial charge in [-0.3, -0.25) is 9.59 Å². The van der Waals surface area contributed by atoms with Crippen LogP contribution >= 0.6 is 0 Å². The number of methoxy groups -OCH3 is 1. The van der Waals surface area contributed by atoms with Gasteiger partial charge in [0.25, 0.3) is 0 Å². The number of benzene rings is 1. The van der Waals surface area contributed by atoms with Crippen LogP contribution in [0.15, 0.2) is 30.3 Å². The molecule has 1 radical (unpaired) electrons. The summed E-state index contributed by atoms with van der Waals surface area (Å²) in [5, 5.41) is 0. The second kappa shape index (κ2) is 9.54. The molecule has 22 heavy (non-hydrogen) atoms. The number of ketones is 1. The number of hydrogen-bond donors (Lipinski definition) is 0. The molecule has 0 N–H and O–H groups in total. The topological polar surface area (TPSA) is 72.9 Å². The fraction of sp³-hybridized carbons (Fsp3) is 0.400. The van der Waals surface area contributed by atoms with E-state index < -0.39 is 17.9 Å². The van der Waals surface area contributed by atoms with Gasteiger partial charge in [0.1, 0.15) is 19.1 Å². The number of Topliss-reactive ketones (excluding diaryl/α,β-unsaturated/α-hetero) is 1. The molecule has 1 saturated heterocycles. The van der Waals surface area contributed by atoms with E-state index in [2.05, 4.69) is 0 Å². The Labute approximate surface area is 171 Å². The van der Waals surface area contributed by atoms with Gasteiger partial charge in [0.15, 0.2) is 5.78 Å². The number of ether oxygens (including phenoxy) is 2. The summed E-state index contributed by atoms with van der Waals surface area (Å²) in [6, 6.07) is 9.18. The summed E-state index contributed by atoms with van der Waals surface area (Å²) < 4.78 is 9.82. The predicted octanol–water partition coefficient (Wildman–Crippen LogP) is 1.01. The summed E-state index contributed by atoms with van der Waals surface area (Å²) in [5.41, 5.74) is 0.838. The van der Waals surface area contributed by atoms with Crippen molar-refractivity contribution in [1.82, 2.24) is 4.90 Å². The molecule has 0 saturated carbocycles. The molecule has 1 aliphatic rings. The van der Waals surface area contributed by atoms with E-state index in [1.165, 1.54) is 7.11 Å². The molecular weight excluding hydrogens is 313 g/mol. The van der Waals surface area contributed by atoms with Crippen molar-refractivity contribution in [2.24, 2.45) is 5.92 Å². The fourth-order valence-corrected chi connectivity index (χ4v) is 2.20. The molecule has 1 aliphatic heterocycles. The van der Waals surface area contributed by atoms with Crippen LogP contribution in [0.3, 0.4) is 0 Å². The maximum atomic E-state index is 12.0. The molecule has 1 aromatic rings. The third kappa shape index (κ3) is 4.97. The van der Waals surface area contributed by atoms with E-state index in [1.807, 2.05) is 30.3 Å². The number of likely N-dealkylation sites (tertiary alicyclic amines) is 1. The first-order valence-corrected chi connectivity index (χ1v) is 6.67. The van der Waals surface area contributed by atoms with Gasteiger partial charge in [-0.05, 0) is 12.0 Å². The fourth-order valence-electron chi connectivity index (χ4n) is 2.20. The normalized spacial score (nSPS) is 17.0. The first-order chi connectivity index (χ1) is 10.1. The summed E-state index contributed by atoms with van der Waals surface area (Å²) in [6.45, 7) is 0.177. The van der Waals surface area contributed by atoms with E-state index in [-0.39, 0.29) is 76.9 Å². The third-order valence-electron chi connectivity index (χ3n) is 3.31. The van der Waals surface area contributed by atoms with Crippen LogP contribution in [0, 0.1) is 5.92 Å². The van der Waals surface area contributed by atoms with Gasteiger partial charge in [-0.25, -0.2) is 9.69 Å². The molecule has 0 spiro atoms. The average Bonchev–Trinajstić information content (AvgIpc) is 2.88. The molecule has 2 amide bonds. The van der Waals surface area contributed by atoms with Gasteiger partial charge in [-0.2, -0.15) is 0 Å². The predicted molar refractivity (Wildman–Crippen MR) is 79.1 cm³/mol. The van der Waals surface area contributed by atoms with E-state index in [0.717, 1.165) is 10.5 Å². The van der Waals surface area contributed by atoms with Crippen LogP contribution in [0.5, 0.6) is 0 Å². The molecule has 0 aliphatic carbocycles. The van der Waals surface area contributed by atoms with Gasteiger partial charge in [0, 0.05) is 65.0 Å². The Morgan fingerprint density at radius 2 is 1.95 bits per heavy atom. The summed E-state index contributed by atoms with van der Waals surface area (Å²) in [5.74, 6) is -1.61. The van der Waals surface area contributed by atoms with Gasteiger partial charge in [-0.15, -0.1) is 0 Å². The minimum atomic E-state index is -0.797. The van der Waals surface area contributed by atoms with Crippen molar-refractivity contribution in [2.75, 3.05) is 20.3 Å². The van der Waals surface area contributed by atoms with Gasteiger partial charge in [0.05, 0.1) is 0 Å². The van der Waals surface area contributed by atoms with Crippen molar-refractivity contribution in [1.29, 1.82) is 0 Å². The molecule has 1 heterocycles. The molecule has 1 fully saturated rings. The molecule has 2 rings (SSSR count). The van der Waals surface area contributed by atoms with Crippen molar-refractivity contribution in [3.05, 3.63) is 35.9 Å². The summed E-state index contributed by atoms with van der Waals surface area (Å²) in [6.07, 6.45) is -0.391. The molecular formula is C15H17KNO5. The minimum Gasteiger partial charge on any atom is -0.444 e. The average molecular weight is 330 g/mol. The smallest absolute Gasteiger partial charge is 0.416 e. The molecule has 0 bridgehead atoms. The summed E-state index contributed by atoms with van der Waals surface area (Å²) >= 11 is 0. The van der Waals surface area contributed by atoms with Crippen LogP contribution in [-0.4, -0.2) is 94.3 Å². The second-order valence-electron chi connectivity index (χ2n) is 4.77. The van der Waals surface area contributed by atoms with Gasteiger partial charge >= 0.3 is 6.09 Å². The van der Waals surface area contributed by atoms with Crippen LogP contribution in [0.2, 0.25) is 0 Å². The zero-order valence-electron chi connectivity index (χ0n) is 12.8.